The molecule has 0 fully saturated rings. The van der Waals surface area contributed by atoms with E-state index in [1.165, 1.54) is 55.3 Å². The molecule has 172 valence electrons. The smallest absolute Gasteiger partial charge is 0.261 e. The highest BCUT2D eigenvalue weighted by Gasteiger charge is 2.49. The second-order valence-electron chi connectivity index (χ2n) is 9.60. The number of unbranched alkanes of at least 4 members (excludes halogenated alkanes) is 7. The van der Waals surface area contributed by atoms with Crippen molar-refractivity contribution in [3.05, 3.63) is 60.7 Å². The van der Waals surface area contributed by atoms with E-state index in [0.717, 1.165) is 13.0 Å². The molecular weight excluding hydrogens is 396 g/mol. The molecule has 0 heterocycles. The molecule has 31 heavy (non-hydrogen) atoms. The van der Waals surface area contributed by atoms with Crippen molar-refractivity contribution in [3.63, 3.8) is 0 Å². The molecule has 0 spiro atoms. The van der Waals surface area contributed by atoms with Gasteiger partial charge in [0.25, 0.3) is 8.32 Å². The third-order valence-corrected chi connectivity index (χ3v) is 11.1. The predicted octanol–water partition coefficient (Wildman–Crippen LogP) is 6.72. The number of hydrogen-bond donors (Lipinski definition) is 0. The summed E-state index contributed by atoms with van der Waals surface area (Å²) < 4.78 is 12.8. The van der Waals surface area contributed by atoms with Gasteiger partial charge in [-0.05, 0) is 21.8 Å². The van der Waals surface area contributed by atoms with E-state index in [4.69, 9.17) is 9.16 Å². The van der Waals surface area contributed by atoms with Crippen LogP contribution in [0.2, 0.25) is 5.04 Å². The van der Waals surface area contributed by atoms with Crippen LogP contribution in [0, 0.1) is 0 Å². The summed E-state index contributed by atoms with van der Waals surface area (Å²) in [5, 5.41) is 2.68. The van der Waals surface area contributed by atoms with E-state index in [2.05, 4.69) is 88.4 Å². The van der Waals surface area contributed by atoms with Gasteiger partial charge in [-0.25, -0.2) is 0 Å². The molecule has 3 heteroatoms. The maximum absolute atomic E-state index is 6.86. The van der Waals surface area contributed by atoms with Gasteiger partial charge in [-0.1, -0.05) is 133 Å². The van der Waals surface area contributed by atoms with Gasteiger partial charge in [0.05, 0.1) is 13.2 Å². The van der Waals surface area contributed by atoms with E-state index in [0.29, 0.717) is 13.2 Å². The van der Waals surface area contributed by atoms with Gasteiger partial charge in [-0.2, -0.15) is 0 Å². The minimum atomic E-state index is -2.43. The van der Waals surface area contributed by atoms with Crippen LogP contribution >= 0.6 is 0 Å². The van der Waals surface area contributed by atoms with Crippen LogP contribution in [0.1, 0.15) is 79.1 Å². The van der Waals surface area contributed by atoms with Crippen LogP contribution in [0.25, 0.3) is 0 Å². The SMILES string of the molecule is CCCCCCCCCCOCCO[Si](c1ccccc1)(c1ccccc1)C(C)(C)C. The van der Waals surface area contributed by atoms with Crippen molar-refractivity contribution in [2.75, 3.05) is 19.8 Å². The first-order valence-electron chi connectivity index (χ1n) is 12.3. The summed E-state index contributed by atoms with van der Waals surface area (Å²) in [6.45, 7) is 11.4. The Balaban J connectivity index is 1.88. The van der Waals surface area contributed by atoms with E-state index >= 15 is 0 Å². The maximum Gasteiger partial charge on any atom is 0.261 e. The fourth-order valence-electron chi connectivity index (χ4n) is 4.46. The van der Waals surface area contributed by atoms with Crippen LogP contribution in [0.4, 0.5) is 0 Å². The van der Waals surface area contributed by atoms with Crippen LogP contribution in [-0.4, -0.2) is 28.1 Å². The summed E-state index contributed by atoms with van der Waals surface area (Å²) in [7, 11) is -2.43. The monoisotopic (exact) mass is 440 g/mol. The van der Waals surface area contributed by atoms with Gasteiger partial charge in [0.2, 0.25) is 0 Å². The second-order valence-corrected chi connectivity index (χ2v) is 13.9. The molecule has 0 atom stereocenters. The van der Waals surface area contributed by atoms with Crippen LogP contribution in [0.5, 0.6) is 0 Å². The Morgan fingerprint density at radius 2 is 1.10 bits per heavy atom. The Bertz CT molecular complexity index is 654. The number of ether oxygens (including phenoxy) is 1. The Morgan fingerprint density at radius 1 is 0.613 bits per heavy atom. The molecule has 0 amide bonds. The first-order chi connectivity index (χ1) is 15.0. The van der Waals surface area contributed by atoms with Crippen molar-refractivity contribution in [2.45, 2.75) is 84.1 Å². The fourth-order valence-corrected chi connectivity index (χ4v) is 9.00. The Labute approximate surface area is 192 Å². The largest absolute Gasteiger partial charge is 0.405 e. The Morgan fingerprint density at radius 3 is 1.58 bits per heavy atom. The molecule has 2 nitrogen and oxygen atoms in total. The van der Waals surface area contributed by atoms with E-state index in [-0.39, 0.29) is 5.04 Å². The molecule has 2 aromatic rings. The minimum Gasteiger partial charge on any atom is -0.405 e. The number of benzene rings is 2. The van der Waals surface area contributed by atoms with E-state index < -0.39 is 8.32 Å². The maximum atomic E-state index is 6.86. The predicted molar refractivity (Wildman–Crippen MR) is 137 cm³/mol. The van der Waals surface area contributed by atoms with Gasteiger partial charge in [0.1, 0.15) is 0 Å². The molecule has 0 aliphatic rings. The van der Waals surface area contributed by atoms with Gasteiger partial charge >= 0.3 is 0 Å². The Hall–Kier alpha value is -1.42. The van der Waals surface area contributed by atoms with Crippen LogP contribution in [0.3, 0.4) is 0 Å². The molecule has 0 aliphatic heterocycles. The van der Waals surface area contributed by atoms with Crippen molar-refractivity contribution in [2.24, 2.45) is 0 Å². The van der Waals surface area contributed by atoms with Gasteiger partial charge in [-0.15, -0.1) is 0 Å². The highest BCUT2D eigenvalue weighted by atomic mass is 28.4. The van der Waals surface area contributed by atoms with Gasteiger partial charge in [0.15, 0.2) is 0 Å². The summed E-state index contributed by atoms with van der Waals surface area (Å²) in [6, 6.07) is 21.7. The summed E-state index contributed by atoms with van der Waals surface area (Å²) in [5.74, 6) is 0. The lowest BCUT2D eigenvalue weighted by Gasteiger charge is -2.43. The molecule has 2 rings (SSSR count). The molecule has 0 saturated heterocycles. The zero-order chi connectivity index (χ0) is 22.4. The lowest BCUT2D eigenvalue weighted by Crippen LogP contribution is -2.66. The van der Waals surface area contributed by atoms with Crippen LogP contribution in [-0.2, 0) is 9.16 Å². The van der Waals surface area contributed by atoms with E-state index in [9.17, 15) is 0 Å². The topological polar surface area (TPSA) is 18.5 Å². The summed E-state index contributed by atoms with van der Waals surface area (Å²) in [4.78, 5) is 0. The zero-order valence-corrected chi connectivity index (χ0v) is 21.4. The lowest BCUT2D eigenvalue weighted by atomic mass is 10.1. The molecule has 0 radical (unpaired) electrons. The van der Waals surface area contributed by atoms with E-state index in [1.54, 1.807) is 0 Å². The summed E-state index contributed by atoms with van der Waals surface area (Å²) >= 11 is 0. The van der Waals surface area contributed by atoms with Crippen molar-refractivity contribution in [1.82, 2.24) is 0 Å². The van der Waals surface area contributed by atoms with Crippen molar-refractivity contribution in [3.8, 4) is 0 Å². The van der Waals surface area contributed by atoms with E-state index in [1.807, 2.05) is 0 Å². The average molecular weight is 441 g/mol. The Kier molecular flexibility index (Phi) is 11.6. The third kappa shape index (κ3) is 7.89. The molecule has 0 N–H and O–H groups in total. The first-order valence-corrected chi connectivity index (χ1v) is 14.3. The molecular formula is C28H44O2Si. The molecule has 0 bridgehead atoms. The van der Waals surface area contributed by atoms with Crippen LogP contribution < -0.4 is 10.4 Å². The fraction of sp³-hybridized carbons (Fsp3) is 0.571. The number of rotatable bonds is 15. The van der Waals surface area contributed by atoms with Crippen molar-refractivity contribution >= 4 is 18.7 Å². The first kappa shape index (κ1) is 25.8. The molecule has 0 saturated carbocycles. The summed E-state index contributed by atoms with van der Waals surface area (Å²) in [5.41, 5.74) is 0. The van der Waals surface area contributed by atoms with Crippen molar-refractivity contribution < 1.29 is 9.16 Å². The second kappa shape index (κ2) is 13.9. The lowest BCUT2D eigenvalue weighted by molar-refractivity contribution is 0.0939. The summed E-state index contributed by atoms with van der Waals surface area (Å²) in [6.07, 6.45) is 10.6. The average Bonchev–Trinajstić information content (AvgIpc) is 2.77. The molecule has 0 aliphatic carbocycles. The normalized spacial score (nSPS) is 12.3. The van der Waals surface area contributed by atoms with Gasteiger partial charge < -0.3 is 9.16 Å². The molecule has 0 unspecified atom stereocenters. The standard InChI is InChI=1S/C28H44O2Si/c1-5-6-7-8-9-10-11-18-23-29-24-25-30-31(28(2,3)4,26-19-14-12-15-20-26)27-21-16-13-17-22-27/h12-17,19-22H,5-11,18,23-25H2,1-4H3. The minimum absolute atomic E-state index is 0.0213. The van der Waals surface area contributed by atoms with Gasteiger partial charge in [-0.3, -0.25) is 0 Å². The quantitative estimate of drug-likeness (QED) is 0.226. The molecule has 0 aromatic heterocycles. The van der Waals surface area contributed by atoms with Crippen molar-refractivity contribution in [1.29, 1.82) is 0 Å². The zero-order valence-electron chi connectivity index (χ0n) is 20.4. The highest BCUT2D eigenvalue weighted by Crippen LogP contribution is 2.36. The highest BCUT2D eigenvalue weighted by molar-refractivity contribution is 6.99. The molecule has 2 aromatic carbocycles. The third-order valence-electron chi connectivity index (χ3n) is 6.11. The number of hydrogen-bond acceptors (Lipinski definition) is 2. The van der Waals surface area contributed by atoms with Gasteiger partial charge in [0, 0.05) is 6.61 Å². The van der Waals surface area contributed by atoms with Crippen LogP contribution in [0.15, 0.2) is 60.7 Å².